The number of hydrogen-bond donors (Lipinski definition) is 2. The Morgan fingerprint density at radius 2 is 2.32 bits per heavy atom. The van der Waals surface area contributed by atoms with E-state index < -0.39 is 5.82 Å². The van der Waals surface area contributed by atoms with Crippen molar-refractivity contribution in [2.24, 2.45) is 5.92 Å². The fraction of sp³-hybridized carbons (Fsp3) is 0.500. The predicted molar refractivity (Wildman–Crippen MR) is 71.3 cm³/mol. The maximum atomic E-state index is 13.7. The highest BCUT2D eigenvalue weighted by Crippen LogP contribution is 2.35. The molecule has 1 heterocycles. The zero-order chi connectivity index (χ0) is 13.4. The molecule has 3 atom stereocenters. The predicted octanol–water partition coefficient (Wildman–Crippen LogP) is 2.24. The molecule has 2 bridgehead atoms. The highest BCUT2D eigenvalue weighted by Gasteiger charge is 2.42. The van der Waals surface area contributed by atoms with Crippen LogP contribution in [0.5, 0.6) is 0 Å². The fourth-order valence-electron chi connectivity index (χ4n) is 3.13. The number of benzene rings is 1. The molecular weight excluding hydrogens is 267 g/mol. The van der Waals surface area contributed by atoms with Gasteiger partial charge in [0.25, 0.3) is 0 Å². The molecular formula is C14H16ClFN2O. The summed E-state index contributed by atoms with van der Waals surface area (Å²) in [5.41, 5.74) is 0.420. The first-order valence-corrected chi connectivity index (χ1v) is 6.99. The number of fused-ring (bicyclic) bond motifs is 2. The van der Waals surface area contributed by atoms with E-state index in [1.54, 1.807) is 12.1 Å². The summed E-state index contributed by atoms with van der Waals surface area (Å²) >= 11 is 5.71. The van der Waals surface area contributed by atoms with Crippen molar-refractivity contribution in [3.63, 3.8) is 0 Å². The Balaban J connectivity index is 1.60. The number of hydrogen-bond acceptors (Lipinski definition) is 2. The number of nitrogens with one attached hydrogen (secondary N) is 2. The topological polar surface area (TPSA) is 41.1 Å². The van der Waals surface area contributed by atoms with E-state index in [1.807, 2.05) is 0 Å². The zero-order valence-corrected chi connectivity index (χ0v) is 11.2. The molecule has 2 N–H and O–H groups in total. The van der Waals surface area contributed by atoms with Crippen molar-refractivity contribution >= 4 is 17.5 Å². The normalized spacial score (nSPS) is 28.6. The van der Waals surface area contributed by atoms with Gasteiger partial charge < -0.3 is 10.6 Å². The minimum atomic E-state index is -0.453. The molecule has 5 heteroatoms. The van der Waals surface area contributed by atoms with E-state index in [9.17, 15) is 9.18 Å². The molecule has 19 heavy (non-hydrogen) atoms. The van der Waals surface area contributed by atoms with E-state index in [0.717, 1.165) is 19.3 Å². The number of carbonyl (C=O) groups is 1. The van der Waals surface area contributed by atoms with E-state index in [1.165, 1.54) is 6.07 Å². The Hall–Kier alpha value is -1.13. The lowest BCUT2D eigenvalue weighted by molar-refractivity contribution is -0.124. The van der Waals surface area contributed by atoms with Crippen molar-refractivity contribution in [1.82, 2.24) is 10.6 Å². The van der Waals surface area contributed by atoms with Crippen LogP contribution >= 0.6 is 11.6 Å². The standard InChI is InChI=1S/C14H16ClFN2O/c15-11-3-1-2-9(12(11)16)7-17-14(19)13-8-4-5-10(6-8)18-13/h1-3,8,10,13,18H,4-7H2,(H,17,19). The number of amides is 1. The van der Waals surface area contributed by atoms with Gasteiger partial charge in [0.15, 0.2) is 0 Å². The third kappa shape index (κ3) is 2.47. The van der Waals surface area contributed by atoms with Crippen LogP contribution in [0.2, 0.25) is 5.02 Å². The zero-order valence-electron chi connectivity index (χ0n) is 10.5. The van der Waals surface area contributed by atoms with E-state index in [-0.39, 0.29) is 23.5 Å². The second-order valence-corrected chi connectivity index (χ2v) is 5.75. The van der Waals surface area contributed by atoms with Crippen molar-refractivity contribution in [1.29, 1.82) is 0 Å². The van der Waals surface area contributed by atoms with Gasteiger partial charge in [0.2, 0.25) is 5.91 Å². The van der Waals surface area contributed by atoms with Crippen LogP contribution in [0.4, 0.5) is 4.39 Å². The van der Waals surface area contributed by atoms with Gasteiger partial charge >= 0.3 is 0 Å². The average molecular weight is 283 g/mol. The lowest BCUT2D eigenvalue weighted by atomic mass is 9.99. The maximum absolute atomic E-state index is 13.7. The molecule has 1 saturated carbocycles. The Bertz CT molecular complexity index is 508. The van der Waals surface area contributed by atoms with Gasteiger partial charge in [-0.05, 0) is 31.2 Å². The van der Waals surface area contributed by atoms with Gasteiger partial charge in [-0.25, -0.2) is 4.39 Å². The van der Waals surface area contributed by atoms with Crippen LogP contribution in [0.1, 0.15) is 24.8 Å². The Morgan fingerprint density at radius 1 is 1.47 bits per heavy atom. The van der Waals surface area contributed by atoms with Gasteiger partial charge in [-0.1, -0.05) is 23.7 Å². The summed E-state index contributed by atoms with van der Waals surface area (Å²) in [4.78, 5) is 12.1. The quantitative estimate of drug-likeness (QED) is 0.893. The number of rotatable bonds is 3. The van der Waals surface area contributed by atoms with Gasteiger partial charge in [-0.3, -0.25) is 4.79 Å². The molecule has 1 aromatic carbocycles. The SMILES string of the molecule is O=C(NCc1cccc(Cl)c1F)C1NC2CCC1C2. The minimum Gasteiger partial charge on any atom is -0.351 e. The summed E-state index contributed by atoms with van der Waals surface area (Å²) in [6.45, 7) is 0.181. The average Bonchev–Trinajstić information content (AvgIpc) is 3.02. The molecule has 1 aromatic rings. The van der Waals surface area contributed by atoms with Crippen LogP contribution in [0.15, 0.2) is 18.2 Å². The van der Waals surface area contributed by atoms with Crippen molar-refractivity contribution in [3.05, 3.63) is 34.6 Å². The summed E-state index contributed by atoms with van der Waals surface area (Å²) in [7, 11) is 0. The summed E-state index contributed by atoms with van der Waals surface area (Å²) in [5, 5.41) is 6.20. The molecule has 3 nitrogen and oxygen atoms in total. The number of carbonyl (C=O) groups excluding carboxylic acids is 1. The lowest BCUT2D eigenvalue weighted by Gasteiger charge is -2.22. The van der Waals surface area contributed by atoms with Gasteiger partial charge in [0, 0.05) is 18.2 Å². The third-order valence-electron chi connectivity index (χ3n) is 4.13. The molecule has 1 aliphatic heterocycles. The van der Waals surface area contributed by atoms with Crippen LogP contribution in [0.25, 0.3) is 0 Å². The van der Waals surface area contributed by atoms with Crippen LogP contribution in [0.3, 0.4) is 0 Å². The summed E-state index contributed by atoms with van der Waals surface area (Å²) in [6, 6.07) is 5.20. The third-order valence-corrected chi connectivity index (χ3v) is 4.42. The van der Waals surface area contributed by atoms with Crippen molar-refractivity contribution < 1.29 is 9.18 Å². The summed E-state index contributed by atoms with van der Waals surface area (Å²) < 4.78 is 13.7. The molecule has 0 spiro atoms. The van der Waals surface area contributed by atoms with Crippen LogP contribution in [-0.2, 0) is 11.3 Å². The number of halogens is 2. The first kappa shape index (κ1) is 12.9. The van der Waals surface area contributed by atoms with Crippen LogP contribution in [-0.4, -0.2) is 18.0 Å². The molecule has 2 fully saturated rings. The molecule has 3 unspecified atom stereocenters. The van der Waals surface area contributed by atoms with Crippen molar-refractivity contribution in [2.45, 2.75) is 37.9 Å². The Kier molecular flexibility index (Phi) is 3.46. The largest absolute Gasteiger partial charge is 0.351 e. The van der Waals surface area contributed by atoms with Crippen LogP contribution in [0, 0.1) is 11.7 Å². The molecule has 102 valence electrons. The molecule has 1 amide bonds. The van der Waals surface area contributed by atoms with E-state index in [4.69, 9.17) is 11.6 Å². The molecule has 0 radical (unpaired) electrons. The van der Waals surface area contributed by atoms with Crippen LogP contribution < -0.4 is 10.6 Å². The second-order valence-electron chi connectivity index (χ2n) is 5.35. The maximum Gasteiger partial charge on any atom is 0.237 e. The molecule has 0 aromatic heterocycles. The Morgan fingerprint density at radius 3 is 3.00 bits per heavy atom. The molecule has 2 aliphatic rings. The molecule has 3 rings (SSSR count). The van der Waals surface area contributed by atoms with Gasteiger partial charge in [-0.2, -0.15) is 0 Å². The van der Waals surface area contributed by atoms with Gasteiger partial charge in [0.1, 0.15) is 5.82 Å². The summed E-state index contributed by atoms with van der Waals surface area (Å²) in [6.07, 6.45) is 3.36. The molecule has 1 saturated heterocycles. The second kappa shape index (κ2) is 5.10. The lowest BCUT2D eigenvalue weighted by Crippen LogP contribution is -2.47. The highest BCUT2D eigenvalue weighted by molar-refractivity contribution is 6.30. The smallest absolute Gasteiger partial charge is 0.237 e. The van der Waals surface area contributed by atoms with E-state index in [2.05, 4.69) is 10.6 Å². The van der Waals surface area contributed by atoms with E-state index in [0.29, 0.717) is 17.5 Å². The minimum absolute atomic E-state index is 0.0356. The summed E-state index contributed by atoms with van der Waals surface area (Å²) in [5.74, 6) is -0.0499. The van der Waals surface area contributed by atoms with Crippen molar-refractivity contribution in [3.8, 4) is 0 Å². The van der Waals surface area contributed by atoms with Gasteiger partial charge in [-0.15, -0.1) is 0 Å². The van der Waals surface area contributed by atoms with Crippen molar-refractivity contribution in [2.75, 3.05) is 0 Å². The molecule has 1 aliphatic carbocycles. The number of piperidine rings is 1. The monoisotopic (exact) mass is 282 g/mol. The fourth-order valence-corrected chi connectivity index (χ4v) is 3.32. The van der Waals surface area contributed by atoms with E-state index >= 15 is 0 Å². The van der Waals surface area contributed by atoms with Gasteiger partial charge in [0.05, 0.1) is 11.1 Å². The highest BCUT2D eigenvalue weighted by atomic mass is 35.5. The Labute approximate surface area is 116 Å². The first-order valence-electron chi connectivity index (χ1n) is 6.62. The first-order chi connectivity index (χ1) is 9.15.